The van der Waals surface area contributed by atoms with Gasteiger partial charge in [0.15, 0.2) is 5.96 Å². The van der Waals surface area contributed by atoms with Gasteiger partial charge in [0.05, 0.1) is 31.8 Å². The van der Waals surface area contributed by atoms with Crippen LogP contribution in [-0.4, -0.2) is 47.4 Å². The first-order chi connectivity index (χ1) is 12.1. The molecule has 1 aliphatic carbocycles. The number of hydrogen-bond acceptors (Lipinski definition) is 4. The van der Waals surface area contributed by atoms with Crippen molar-refractivity contribution in [3.05, 3.63) is 18.0 Å². The van der Waals surface area contributed by atoms with E-state index < -0.39 is 0 Å². The highest BCUT2D eigenvalue weighted by Gasteiger charge is 2.27. The number of aromatic nitrogens is 2. The minimum atomic E-state index is -0.0453. The molecule has 26 heavy (non-hydrogen) atoms. The monoisotopic (exact) mass is 477 g/mol. The summed E-state index contributed by atoms with van der Waals surface area (Å²) in [6, 6.07) is 0.357. The average molecular weight is 477 g/mol. The Morgan fingerprint density at radius 3 is 2.65 bits per heavy atom. The fourth-order valence-corrected chi connectivity index (χ4v) is 3.10. The highest BCUT2D eigenvalue weighted by molar-refractivity contribution is 14.0. The van der Waals surface area contributed by atoms with Crippen molar-refractivity contribution in [3.8, 4) is 0 Å². The predicted molar refractivity (Wildman–Crippen MR) is 114 cm³/mol. The first kappa shape index (κ1) is 22.7. The molecule has 1 aliphatic rings. The molecular formula is C18H32IN5O2. The third kappa shape index (κ3) is 7.51. The van der Waals surface area contributed by atoms with E-state index >= 15 is 0 Å². The van der Waals surface area contributed by atoms with Gasteiger partial charge in [-0.05, 0) is 52.0 Å². The fraction of sp³-hybridized carbons (Fsp3) is 0.722. The number of guanidine groups is 1. The van der Waals surface area contributed by atoms with E-state index in [1.54, 1.807) is 0 Å². The Hall–Kier alpha value is -1.32. The lowest BCUT2D eigenvalue weighted by Crippen LogP contribution is -2.45. The maximum Gasteiger partial charge on any atom is 0.308 e. The molecule has 8 heteroatoms. The van der Waals surface area contributed by atoms with Crippen molar-refractivity contribution in [1.29, 1.82) is 0 Å². The number of hydrogen-bond donors (Lipinski definition) is 2. The van der Waals surface area contributed by atoms with Crippen molar-refractivity contribution in [1.82, 2.24) is 20.4 Å². The zero-order chi connectivity index (χ0) is 18.1. The van der Waals surface area contributed by atoms with E-state index in [2.05, 4.69) is 27.6 Å². The van der Waals surface area contributed by atoms with Crippen molar-refractivity contribution < 1.29 is 9.53 Å². The summed E-state index contributed by atoms with van der Waals surface area (Å²) in [6.45, 7) is 8.68. The van der Waals surface area contributed by atoms with E-state index in [0.717, 1.165) is 50.3 Å². The van der Waals surface area contributed by atoms with Gasteiger partial charge in [-0.1, -0.05) is 0 Å². The zero-order valence-electron chi connectivity index (χ0n) is 16.0. The van der Waals surface area contributed by atoms with Gasteiger partial charge in [0, 0.05) is 18.8 Å². The molecule has 2 rings (SSSR count). The van der Waals surface area contributed by atoms with Crippen LogP contribution in [0.15, 0.2) is 17.4 Å². The molecule has 1 fully saturated rings. The van der Waals surface area contributed by atoms with Crippen LogP contribution in [0.4, 0.5) is 0 Å². The molecule has 0 aliphatic heterocycles. The predicted octanol–water partition coefficient (Wildman–Crippen LogP) is 2.49. The second-order valence-corrected chi connectivity index (χ2v) is 6.49. The molecule has 0 atom stereocenters. The van der Waals surface area contributed by atoms with Crippen LogP contribution in [0.1, 0.15) is 45.1 Å². The Kier molecular flexibility index (Phi) is 10.6. The van der Waals surface area contributed by atoms with Crippen LogP contribution in [0, 0.1) is 12.8 Å². The molecule has 7 nitrogen and oxygen atoms in total. The third-order valence-corrected chi connectivity index (χ3v) is 4.39. The second-order valence-electron chi connectivity index (χ2n) is 6.49. The van der Waals surface area contributed by atoms with Gasteiger partial charge in [0.1, 0.15) is 0 Å². The van der Waals surface area contributed by atoms with Gasteiger partial charge in [-0.2, -0.15) is 5.10 Å². The van der Waals surface area contributed by atoms with Crippen molar-refractivity contribution in [2.24, 2.45) is 10.9 Å². The Balaban J connectivity index is 0.00000338. The molecular weight excluding hydrogens is 445 g/mol. The molecule has 0 spiro atoms. The number of carbonyl (C=O) groups is 1. The summed E-state index contributed by atoms with van der Waals surface area (Å²) in [6.07, 6.45) is 7.56. The molecule has 0 radical (unpaired) electrons. The molecule has 0 bridgehead atoms. The number of rotatable bonds is 7. The number of esters is 1. The summed E-state index contributed by atoms with van der Waals surface area (Å²) < 4.78 is 7.04. The fourth-order valence-electron chi connectivity index (χ4n) is 3.10. The number of halogens is 1. The van der Waals surface area contributed by atoms with E-state index in [1.807, 2.05) is 30.9 Å². The largest absolute Gasteiger partial charge is 0.466 e. The van der Waals surface area contributed by atoms with Gasteiger partial charge < -0.3 is 15.4 Å². The Bertz CT molecular complexity index is 568. The summed E-state index contributed by atoms with van der Waals surface area (Å²) in [5, 5.41) is 11.1. The first-order valence-electron chi connectivity index (χ1n) is 9.32. The van der Waals surface area contributed by atoms with Crippen molar-refractivity contribution in [3.63, 3.8) is 0 Å². The lowest BCUT2D eigenvalue weighted by Gasteiger charge is -2.29. The van der Waals surface area contributed by atoms with Crippen LogP contribution in [0.2, 0.25) is 0 Å². The summed E-state index contributed by atoms with van der Waals surface area (Å²) in [5.74, 6) is 0.850. The highest BCUT2D eigenvalue weighted by atomic mass is 127. The number of aliphatic imine (C=N–C) groups is 1. The number of nitrogens with one attached hydrogen (secondary N) is 2. The number of carbonyl (C=O) groups excluding carboxylic acids is 1. The van der Waals surface area contributed by atoms with Crippen LogP contribution in [0.5, 0.6) is 0 Å². The van der Waals surface area contributed by atoms with Gasteiger partial charge in [-0.25, -0.2) is 0 Å². The van der Waals surface area contributed by atoms with E-state index in [0.29, 0.717) is 19.2 Å². The summed E-state index contributed by atoms with van der Waals surface area (Å²) >= 11 is 0. The van der Waals surface area contributed by atoms with Crippen molar-refractivity contribution in [2.75, 3.05) is 19.7 Å². The number of ether oxygens (including phenoxy) is 1. The molecule has 0 unspecified atom stereocenters. The van der Waals surface area contributed by atoms with E-state index in [-0.39, 0.29) is 35.9 Å². The first-order valence-corrected chi connectivity index (χ1v) is 9.32. The SMILES string of the molecule is CCNC(=NCCn1cc(C)cn1)NC1CCC(C(=O)OCC)CC1.I. The highest BCUT2D eigenvalue weighted by Crippen LogP contribution is 2.25. The van der Waals surface area contributed by atoms with Gasteiger partial charge in [0.2, 0.25) is 0 Å². The van der Waals surface area contributed by atoms with Crippen molar-refractivity contribution in [2.45, 2.75) is 59.0 Å². The standard InChI is InChI=1S/C18H31N5O2.HI/c1-4-19-18(20-10-11-23-13-14(3)12-21-23)22-16-8-6-15(7-9-16)17(24)25-5-2;/h12-13,15-16H,4-11H2,1-3H3,(H2,19,20,22);1H. The topological polar surface area (TPSA) is 80.5 Å². The Labute approximate surface area is 173 Å². The summed E-state index contributed by atoms with van der Waals surface area (Å²) in [7, 11) is 0. The molecule has 1 aromatic heterocycles. The van der Waals surface area contributed by atoms with Crippen molar-refractivity contribution >= 4 is 35.9 Å². The molecule has 1 aromatic rings. The molecule has 1 heterocycles. The molecule has 0 saturated heterocycles. The van der Waals surface area contributed by atoms with Crippen LogP contribution in [-0.2, 0) is 16.1 Å². The molecule has 1 saturated carbocycles. The van der Waals surface area contributed by atoms with Gasteiger partial charge in [0.25, 0.3) is 0 Å². The lowest BCUT2D eigenvalue weighted by molar-refractivity contribution is -0.149. The normalized spacial score (nSPS) is 20.2. The van der Waals surface area contributed by atoms with E-state index in [1.165, 1.54) is 0 Å². The van der Waals surface area contributed by atoms with Gasteiger partial charge in [-0.15, -0.1) is 24.0 Å². The van der Waals surface area contributed by atoms with Crippen LogP contribution in [0.3, 0.4) is 0 Å². The second kappa shape index (κ2) is 12.1. The van der Waals surface area contributed by atoms with E-state index in [4.69, 9.17) is 4.74 Å². The maximum absolute atomic E-state index is 11.8. The number of aryl methyl sites for hydroxylation is 1. The summed E-state index contributed by atoms with van der Waals surface area (Å²) in [5.41, 5.74) is 1.16. The quantitative estimate of drug-likeness (QED) is 0.273. The van der Waals surface area contributed by atoms with E-state index in [9.17, 15) is 4.79 Å². The minimum Gasteiger partial charge on any atom is -0.466 e. The number of nitrogens with zero attached hydrogens (tertiary/aromatic N) is 3. The smallest absolute Gasteiger partial charge is 0.308 e. The van der Waals surface area contributed by atoms with Crippen LogP contribution < -0.4 is 10.6 Å². The summed E-state index contributed by atoms with van der Waals surface area (Å²) in [4.78, 5) is 16.5. The molecule has 0 amide bonds. The average Bonchev–Trinajstić information content (AvgIpc) is 3.01. The maximum atomic E-state index is 11.8. The zero-order valence-corrected chi connectivity index (χ0v) is 18.4. The third-order valence-electron chi connectivity index (χ3n) is 4.39. The Morgan fingerprint density at radius 1 is 1.35 bits per heavy atom. The minimum absolute atomic E-state index is 0. The molecule has 2 N–H and O–H groups in total. The van der Waals surface area contributed by atoms with Gasteiger partial charge >= 0.3 is 5.97 Å². The van der Waals surface area contributed by atoms with Crippen LogP contribution >= 0.6 is 24.0 Å². The lowest BCUT2D eigenvalue weighted by atomic mass is 9.86. The molecule has 148 valence electrons. The Morgan fingerprint density at radius 2 is 2.08 bits per heavy atom. The molecule has 0 aromatic carbocycles. The van der Waals surface area contributed by atoms with Gasteiger partial charge in [-0.3, -0.25) is 14.5 Å². The van der Waals surface area contributed by atoms with Crippen LogP contribution in [0.25, 0.3) is 0 Å².